The van der Waals surface area contributed by atoms with Crippen LogP contribution in [-0.2, 0) is 0 Å². The van der Waals surface area contributed by atoms with E-state index in [0.717, 1.165) is 25.2 Å². The van der Waals surface area contributed by atoms with Crippen molar-refractivity contribution in [1.82, 2.24) is 9.80 Å². The molecule has 0 aliphatic heterocycles. The van der Waals surface area contributed by atoms with E-state index in [1.165, 1.54) is 0 Å². The minimum atomic E-state index is -0.00654. The van der Waals surface area contributed by atoms with Crippen molar-refractivity contribution in [2.45, 2.75) is 6.42 Å². The third-order valence-electron chi connectivity index (χ3n) is 3.19. The molecule has 0 saturated carbocycles. The number of nitrogen functional groups attached to an aromatic ring is 1. The highest BCUT2D eigenvalue weighted by molar-refractivity contribution is 5.96. The molecule has 0 atom stereocenters. The number of nitrogens with two attached hydrogens (primary N) is 1. The lowest BCUT2D eigenvalue weighted by atomic mass is 10.1. The number of anilines is 2. The zero-order valence-electron chi connectivity index (χ0n) is 13.2. The number of benzene rings is 1. The summed E-state index contributed by atoms with van der Waals surface area (Å²) in [5.74, 6) is -0.00654. The maximum Gasteiger partial charge on any atom is 0.253 e. The standard InChI is InChI=1S/C15H26N4O/c1-17(2)9-6-10-19(5)14-11-12(7-8-13(14)16)15(20)18(3)4/h7-8,11H,6,9-10,16H2,1-5H3. The van der Waals surface area contributed by atoms with E-state index in [9.17, 15) is 4.79 Å². The summed E-state index contributed by atoms with van der Waals surface area (Å²) in [5, 5.41) is 0. The van der Waals surface area contributed by atoms with Gasteiger partial charge in [0, 0.05) is 33.3 Å². The molecule has 0 spiro atoms. The summed E-state index contributed by atoms with van der Waals surface area (Å²) in [6, 6.07) is 5.44. The van der Waals surface area contributed by atoms with Crippen molar-refractivity contribution in [3.05, 3.63) is 23.8 Å². The maximum absolute atomic E-state index is 12.0. The maximum atomic E-state index is 12.0. The van der Waals surface area contributed by atoms with Crippen molar-refractivity contribution in [3.63, 3.8) is 0 Å². The molecule has 0 aromatic heterocycles. The predicted octanol–water partition coefficient (Wildman–Crippen LogP) is 1.36. The topological polar surface area (TPSA) is 52.8 Å². The molecule has 1 aromatic carbocycles. The first kappa shape index (κ1) is 16.3. The molecule has 1 amide bonds. The fourth-order valence-corrected chi connectivity index (χ4v) is 2.01. The van der Waals surface area contributed by atoms with Gasteiger partial charge in [0.2, 0.25) is 0 Å². The van der Waals surface area contributed by atoms with Gasteiger partial charge < -0.3 is 20.4 Å². The van der Waals surface area contributed by atoms with Crippen LogP contribution in [0.3, 0.4) is 0 Å². The van der Waals surface area contributed by atoms with Gasteiger partial charge in [-0.15, -0.1) is 0 Å². The second-order valence-corrected chi connectivity index (χ2v) is 5.55. The second-order valence-electron chi connectivity index (χ2n) is 5.55. The Morgan fingerprint density at radius 1 is 1.10 bits per heavy atom. The Morgan fingerprint density at radius 3 is 2.30 bits per heavy atom. The zero-order valence-corrected chi connectivity index (χ0v) is 13.2. The molecule has 1 rings (SSSR count). The van der Waals surface area contributed by atoms with Crippen LogP contribution < -0.4 is 10.6 Å². The van der Waals surface area contributed by atoms with Crippen molar-refractivity contribution in [1.29, 1.82) is 0 Å². The van der Waals surface area contributed by atoms with Crippen molar-refractivity contribution in [2.75, 3.05) is 59.0 Å². The average Bonchev–Trinajstić information content (AvgIpc) is 2.37. The molecule has 20 heavy (non-hydrogen) atoms. The summed E-state index contributed by atoms with van der Waals surface area (Å²) in [7, 11) is 9.62. The molecule has 0 heterocycles. The number of hydrogen-bond acceptors (Lipinski definition) is 4. The Labute approximate surface area is 121 Å². The molecule has 0 bridgehead atoms. The zero-order chi connectivity index (χ0) is 15.3. The first-order valence-electron chi connectivity index (χ1n) is 6.80. The summed E-state index contributed by atoms with van der Waals surface area (Å²) < 4.78 is 0. The summed E-state index contributed by atoms with van der Waals surface area (Å²) in [6.45, 7) is 1.93. The van der Waals surface area contributed by atoms with Crippen LogP contribution in [0.5, 0.6) is 0 Å². The fraction of sp³-hybridized carbons (Fsp3) is 0.533. The lowest BCUT2D eigenvalue weighted by Crippen LogP contribution is -2.25. The van der Waals surface area contributed by atoms with E-state index < -0.39 is 0 Å². The van der Waals surface area contributed by atoms with Gasteiger partial charge in [0.1, 0.15) is 0 Å². The number of rotatable bonds is 6. The Kier molecular flexibility index (Phi) is 5.82. The van der Waals surface area contributed by atoms with Crippen LogP contribution in [0.25, 0.3) is 0 Å². The van der Waals surface area contributed by atoms with Crippen LogP contribution in [0.2, 0.25) is 0 Å². The molecule has 0 aliphatic rings. The molecule has 5 heteroatoms. The van der Waals surface area contributed by atoms with Gasteiger partial charge in [0.15, 0.2) is 0 Å². The lowest BCUT2D eigenvalue weighted by Gasteiger charge is -2.23. The van der Waals surface area contributed by atoms with Crippen LogP contribution >= 0.6 is 0 Å². The number of nitrogens with zero attached hydrogens (tertiary/aromatic N) is 3. The summed E-state index contributed by atoms with van der Waals surface area (Å²) in [5.41, 5.74) is 8.30. The third-order valence-corrected chi connectivity index (χ3v) is 3.19. The normalized spacial score (nSPS) is 10.7. The molecule has 0 radical (unpaired) electrons. The second kappa shape index (κ2) is 7.14. The number of carbonyl (C=O) groups excluding carboxylic acids is 1. The quantitative estimate of drug-likeness (QED) is 0.798. The van der Waals surface area contributed by atoms with Crippen LogP contribution in [-0.4, -0.2) is 64.0 Å². The van der Waals surface area contributed by atoms with Crippen LogP contribution in [0.15, 0.2) is 18.2 Å². The van der Waals surface area contributed by atoms with Crippen LogP contribution in [0, 0.1) is 0 Å². The first-order valence-corrected chi connectivity index (χ1v) is 6.80. The fourth-order valence-electron chi connectivity index (χ4n) is 2.01. The van der Waals surface area contributed by atoms with E-state index >= 15 is 0 Å². The van der Waals surface area contributed by atoms with E-state index in [-0.39, 0.29) is 5.91 Å². The lowest BCUT2D eigenvalue weighted by molar-refractivity contribution is 0.0827. The number of hydrogen-bond donors (Lipinski definition) is 1. The largest absolute Gasteiger partial charge is 0.397 e. The van der Waals surface area contributed by atoms with E-state index in [2.05, 4.69) is 23.9 Å². The molecule has 112 valence electrons. The van der Waals surface area contributed by atoms with Crippen molar-refractivity contribution in [2.24, 2.45) is 0 Å². The Bertz CT molecular complexity index is 457. The number of carbonyl (C=O) groups is 1. The van der Waals surface area contributed by atoms with Crippen LogP contribution in [0.1, 0.15) is 16.8 Å². The molecule has 1 aromatic rings. The van der Waals surface area contributed by atoms with Gasteiger partial charge in [-0.25, -0.2) is 0 Å². The van der Waals surface area contributed by atoms with Gasteiger partial charge in [-0.2, -0.15) is 0 Å². The summed E-state index contributed by atoms with van der Waals surface area (Å²) in [6.07, 6.45) is 1.05. The Hall–Kier alpha value is -1.75. The van der Waals surface area contributed by atoms with E-state index in [1.807, 2.05) is 13.1 Å². The highest BCUT2D eigenvalue weighted by Gasteiger charge is 2.12. The van der Waals surface area contributed by atoms with Gasteiger partial charge >= 0.3 is 0 Å². The van der Waals surface area contributed by atoms with E-state index in [1.54, 1.807) is 31.1 Å². The summed E-state index contributed by atoms with van der Waals surface area (Å²) >= 11 is 0. The Balaban J connectivity index is 2.82. The third kappa shape index (κ3) is 4.42. The van der Waals surface area contributed by atoms with Gasteiger partial charge in [0.25, 0.3) is 5.91 Å². The molecule has 5 nitrogen and oxygen atoms in total. The molecule has 0 fully saturated rings. The molecule has 0 aliphatic carbocycles. The van der Waals surface area contributed by atoms with Crippen molar-refractivity contribution in [3.8, 4) is 0 Å². The minimum absolute atomic E-state index is 0.00654. The van der Waals surface area contributed by atoms with E-state index in [0.29, 0.717) is 11.3 Å². The molecule has 0 unspecified atom stereocenters. The van der Waals surface area contributed by atoms with Gasteiger partial charge in [-0.3, -0.25) is 4.79 Å². The highest BCUT2D eigenvalue weighted by Crippen LogP contribution is 2.24. The minimum Gasteiger partial charge on any atom is -0.397 e. The molecule has 0 saturated heterocycles. The van der Waals surface area contributed by atoms with Crippen LogP contribution in [0.4, 0.5) is 11.4 Å². The van der Waals surface area contributed by atoms with E-state index in [4.69, 9.17) is 5.73 Å². The van der Waals surface area contributed by atoms with Crippen molar-refractivity contribution >= 4 is 17.3 Å². The summed E-state index contributed by atoms with van der Waals surface area (Å²) in [4.78, 5) is 17.8. The smallest absolute Gasteiger partial charge is 0.253 e. The Morgan fingerprint density at radius 2 is 1.75 bits per heavy atom. The molecular weight excluding hydrogens is 252 g/mol. The SMILES string of the molecule is CN(C)CCCN(C)c1cc(C(=O)N(C)C)ccc1N. The predicted molar refractivity (Wildman–Crippen MR) is 85.3 cm³/mol. The van der Waals surface area contributed by atoms with Gasteiger partial charge in [-0.05, 0) is 45.3 Å². The highest BCUT2D eigenvalue weighted by atomic mass is 16.2. The first-order chi connectivity index (χ1) is 9.32. The number of amides is 1. The molecular formula is C15H26N4O. The molecule has 2 N–H and O–H groups in total. The average molecular weight is 278 g/mol. The van der Waals surface area contributed by atoms with Gasteiger partial charge in [-0.1, -0.05) is 0 Å². The monoisotopic (exact) mass is 278 g/mol. The van der Waals surface area contributed by atoms with Crippen molar-refractivity contribution < 1.29 is 4.79 Å². The van der Waals surface area contributed by atoms with Gasteiger partial charge in [0.05, 0.1) is 11.4 Å².